The summed E-state index contributed by atoms with van der Waals surface area (Å²) in [6, 6.07) is 8.02. The van der Waals surface area contributed by atoms with Crippen molar-refractivity contribution in [2.45, 2.75) is 26.9 Å². The molecule has 2 rings (SSSR count). The van der Waals surface area contributed by atoms with Crippen molar-refractivity contribution in [1.29, 1.82) is 0 Å². The van der Waals surface area contributed by atoms with Crippen LogP contribution in [-0.4, -0.2) is 33.9 Å². The average Bonchev–Trinajstić information content (AvgIpc) is 2.37. The third-order valence-corrected chi connectivity index (χ3v) is 2.95. The Morgan fingerprint density at radius 1 is 1.05 bits per heavy atom. The topological polar surface area (TPSA) is 53.9 Å². The fraction of sp³-hybridized carbons (Fsp3) is 0.400. The quantitative estimate of drug-likeness (QED) is 0.903. The van der Waals surface area contributed by atoms with Gasteiger partial charge in [0.1, 0.15) is 11.6 Å². The smallest absolute Gasteiger partial charge is 0.144 e. The second kappa shape index (κ2) is 6.43. The molecule has 0 aliphatic heterocycles. The highest BCUT2D eigenvalue weighted by atomic mass is 15.1. The normalized spacial score (nSPS) is 10.8. The van der Waals surface area contributed by atoms with E-state index in [1.807, 2.05) is 45.2 Å². The fourth-order valence-electron chi connectivity index (χ4n) is 2.09. The van der Waals surface area contributed by atoms with E-state index >= 15 is 0 Å². The lowest BCUT2D eigenvalue weighted by Gasteiger charge is -2.16. The second-order valence-corrected chi connectivity index (χ2v) is 5.00. The molecule has 0 atom stereocenters. The van der Waals surface area contributed by atoms with Gasteiger partial charge in [0, 0.05) is 31.0 Å². The summed E-state index contributed by atoms with van der Waals surface area (Å²) in [5.74, 6) is 1.68. The molecule has 0 fully saturated rings. The van der Waals surface area contributed by atoms with E-state index in [4.69, 9.17) is 0 Å². The Morgan fingerprint density at radius 2 is 1.85 bits per heavy atom. The number of nitrogens with zero attached hydrogens (tertiary/aromatic N) is 4. The van der Waals surface area contributed by atoms with Gasteiger partial charge >= 0.3 is 0 Å². The Hall–Kier alpha value is -2.01. The van der Waals surface area contributed by atoms with E-state index in [2.05, 4.69) is 32.2 Å². The number of rotatable bonds is 5. The summed E-state index contributed by atoms with van der Waals surface area (Å²) in [5.41, 5.74) is 3.08. The number of pyridine rings is 1. The molecule has 0 aliphatic rings. The zero-order valence-corrected chi connectivity index (χ0v) is 12.5. The minimum absolute atomic E-state index is 0.700. The maximum atomic E-state index is 4.51. The third-order valence-electron chi connectivity index (χ3n) is 2.95. The van der Waals surface area contributed by atoms with E-state index in [0.717, 1.165) is 35.3 Å². The first-order valence-corrected chi connectivity index (χ1v) is 6.70. The van der Waals surface area contributed by atoms with Gasteiger partial charge in [0.15, 0.2) is 0 Å². The summed E-state index contributed by atoms with van der Waals surface area (Å²) in [4.78, 5) is 15.6. The zero-order valence-electron chi connectivity index (χ0n) is 12.5. The predicted octanol–water partition coefficient (Wildman–Crippen LogP) is 2.16. The summed E-state index contributed by atoms with van der Waals surface area (Å²) in [6.45, 7) is 5.47. The molecule has 20 heavy (non-hydrogen) atoms. The van der Waals surface area contributed by atoms with Gasteiger partial charge in [-0.1, -0.05) is 6.07 Å². The molecule has 0 aromatic carbocycles. The maximum Gasteiger partial charge on any atom is 0.144 e. The number of hydrogen-bond donors (Lipinski definition) is 1. The largest absolute Gasteiger partial charge is 0.373 e. The first kappa shape index (κ1) is 14.4. The molecule has 2 aromatic rings. The van der Waals surface area contributed by atoms with E-state index in [-0.39, 0.29) is 0 Å². The molecule has 0 amide bonds. The monoisotopic (exact) mass is 271 g/mol. The number of hydrogen-bond acceptors (Lipinski definition) is 5. The van der Waals surface area contributed by atoms with Crippen molar-refractivity contribution in [1.82, 2.24) is 19.9 Å². The summed E-state index contributed by atoms with van der Waals surface area (Å²) in [5, 5.41) is 3.06. The van der Waals surface area contributed by atoms with Crippen molar-refractivity contribution in [2.75, 3.05) is 19.4 Å². The van der Waals surface area contributed by atoms with Crippen molar-refractivity contribution in [2.24, 2.45) is 0 Å². The van der Waals surface area contributed by atoms with Gasteiger partial charge in [0.25, 0.3) is 0 Å². The van der Waals surface area contributed by atoms with Crippen LogP contribution in [0.1, 0.15) is 22.9 Å². The van der Waals surface area contributed by atoms with Crippen LogP contribution in [0.4, 0.5) is 5.82 Å². The minimum Gasteiger partial charge on any atom is -0.373 e. The van der Waals surface area contributed by atoms with E-state index < -0.39 is 0 Å². The molecule has 106 valence electrons. The lowest BCUT2D eigenvalue weighted by atomic mass is 10.3. The van der Waals surface area contributed by atoms with Gasteiger partial charge in [0.2, 0.25) is 0 Å². The average molecular weight is 271 g/mol. The minimum atomic E-state index is 0.700. The number of nitrogens with one attached hydrogen (secondary N) is 1. The fourth-order valence-corrected chi connectivity index (χ4v) is 2.09. The summed E-state index contributed by atoms with van der Waals surface area (Å²) < 4.78 is 0. The van der Waals surface area contributed by atoms with E-state index in [9.17, 15) is 0 Å². The summed E-state index contributed by atoms with van der Waals surface area (Å²) in [6.07, 6.45) is 0. The van der Waals surface area contributed by atoms with Crippen LogP contribution in [-0.2, 0) is 13.1 Å². The SMILES string of the molecule is CNc1cc(C)nc(CN(C)Cc2cccc(C)n2)n1. The van der Waals surface area contributed by atoms with Crippen molar-refractivity contribution < 1.29 is 0 Å². The molecule has 5 nitrogen and oxygen atoms in total. The predicted molar refractivity (Wildman–Crippen MR) is 80.5 cm³/mol. The molecule has 0 spiro atoms. The molecule has 0 saturated heterocycles. The highest BCUT2D eigenvalue weighted by Gasteiger charge is 2.07. The van der Waals surface area contributed by atoms with Crippen LogP contribution >= 0.6 is 0 Å². The Balaban J connectivity index is 2.04. The summed E-state index contributed by atoms with van der Waals surface area (Å²) in [7, 11) is 3.92. The first-order chi connectivity index (χ1) is 9.56. The highest BCUT2D eigenvalue weighted by molar-refractivity contribution is 5.34. The third kappa shape index (κ3) is 3.99. The van der Waals surface area contributed by atoms with Gasteiger partial charge in [-0.2, -0.15) is 0 Å². The van der Waals surface area contributed by atoms with Gasteiger partial charge in [-0.25, -0.2) is 9.97 Å². The molecular weight excluding hydrogens is 250 g/mol. The van der Waals surface area contributed by atoms with Crippen LogP contribution in [0, 0.1) is 13.8 Å². The van der Waals surface area contributed by atoms with E-state index in [1.54, 1.807) is 0 Å². The molecule has 2 heterocycles. The Kier molecular flexibility index (Phi) is 4.63. The van der Waals surface area contributed by atoms with Gasteiger partial charge in [-0.15, -0.1) is 0 Å². The Morgan fingerprint density at radius 3 is 2.55 bits per heavy atom. The van der Waals surface area contributed by atoms with Crippen LogP contribution in [0.2, 0.25) is 0 Å². The lowest BCUT2D eigenvalue weighted by Crippen LogP contribution is -2.20. The van der Waals surface area contributed by atoms with Gasteiger partial charge in [-0.3, -0.25) is 9.88 Å². The van der Waals surface area contributed by atoms with Gasteiger partial charge in [-0.05, 0) is 33.0 Å². The first-order valence-electron chi connectivity index (χ1n) is 6.70. The molecule has 0 saturated carbocycles. The van der Waals surface area contributed by atoms with Crippen LogP contribution in [0.25, 0.3) is 0 Å². The second-order valence-electron chi connectivity index (χ2n) is 5.00. The number of aryl methyl sites for hydroxylation is 2. The maximum absolute atomic E-state index is 4.51. The van der Waals surface area contributed by atoms with Crippen LogP contribution < -0.4 is 5.32 Å². The molecule has 0 bridgehead atoms. The highest BCUT2D eigenvalue weighted by Crippen LogP contribution is 2.08. The lowest BCUT2D eigenvalue weighted by molar-refractivity contribution is 0.306. The van der Waals surface area contributed by atoms with E-state index in [1.165, 1.54) is 0 Å². The van der Waals surface area contributed by atoms with Gasteiger partial charge < -0.3 is 5.32 Å². The molecule has 2 aromatic heterocycles. The Bertz CT molecular complexity index is 582. The van der Waals surface area contributed by atoms with Crippen molar-refractivity contribution in [3.05, 3.63) is 47.2 Å². The molecule has 0 radical (unpaired) electrons. The Labute approximate surface area is 120 Å². The number of aromatic nitrogens is 3. The van der Waals surface area contributed by atoms with Crippen LogP contribution in [0.5, 0.6) is 0 Å². The zero-order chi connectivity index (χ0) is 14.5. The van der Waals surface area contributed by atoms with Crippen LogP contribution in [0.3, 0.4) is 0 Å². The molecule has 5 heteroatoms. The standard InChI is InChI=1S/C15H21N5/c1-11-6-5-7-13(17-11)9-20(4)10-15-18-12(2)8-14(16-3)19-15/h5-8H,9-10H2,1-4H3,(H,16,18,19). The molecule has 0 unspecified atom stereocenters. The molecule has 0 aliphatic carbocycles. The van der Waals surface area contributed by atoms with Crippen LogP contribution in [0.15, 0.2) is 24.3 Å². The van der Waals surface area contributed by atoms with Crippen molar-refractivity contribution in [3.8, 4) is 0 Å². The van der Waals surface area contributed by atoms with Gasteiger partial charge in [0.05, 0.1) is 12.2 Å². The number of anilines is 1. The van der Waals surface area contributed by atoms with Crippen molar-refractivity contribution in [3.63, 3.8) is 0 Å². The van der Waals surface area contributed by atoms with E-state index in [0.29, 0.717) is 6.54 Å². The molecule has 1 N–H and O–H groups in total. The summed E-state index contributed by atoms with van der Waals surface area (Å²) >= 11 is 0. The molecular formula is C15H21N5. The van der Waals surface area contributed by atoms with Crippen molar-refractivity contribution >= 4 is 5.82 Å².